The molecule has 2 aromatic rings. The Hall–Kier alpha value is -3.17. The van der Waals surface area contributed by atoms with Crippen molar-refractivity contribution in [3.8, 4) is 0 Å². The molecule has 38 heavy (non-hydrogen) atoms. The van der Waals surface area contributed by atoms with Gasteiger partial charge in [0, 0.05) is 32.0 Å². The summed E-state index contributed by atoms with van der Waals surface area (Å²) in [6.45, 7) is 0.987. The molecule has 0 spiro atoms. The number of hydrogen-bond donors (Lipinski definition) is 0. The fourth-order valence-corrected chi connectivity index (χ4v) is 7.33. The Kier molecular flexibility index (Phi) is 7.33. The zero-order chi connectivity index (χ0) is 26.9. The van der Waals surface area contributed by atoms with Gasteiger partial charge in [-0.1, -0.05) is 31.4 Å². The third-order valence-electron chi connectivity index (χ3n) is 8.78. The number of esters is 2. The van der Waals surface area contributed by atoms with Crippen LogP contribution in [-0.2, 0) is 23.9 Å². The topological polar surface area (TPSA) is 102 Å². The van der Waals surface area contributed by atoms with Gasteiger partial charge in [0.15, 0.2) is 16.6 Å². The van der Waals surface area contributed by atoms with Crippen molar-refractivity contribution in [1.82, 2.24) is 19.8 Å². The molecule has 4 heterocycles. The second kappa shape index (κ2) is 10.5. The number of piperidine rings is 2. The van der Waals surface area contributed by atoms with Crippen LogP contribution in [0.25, 0.3) is 0 Å². The summed E-state index contributed by atoms with van der Waals surface area (Å²) in [6, 6.07) is 9.36. The number of ether oxygens (including phenoxy) is 2. The maximum Gasteiger partial charge on any atom is 0.322 e. The van der Waals surface area contributed by atoms with Crippen LogP contribution in [0, 0.1) is 16.7 Å². The normalized spacial score (nSPS) is 30.6. The molecule has 0 radical (unpaired) electrons. The van der Waals surface area contributed by atoms with Crippen molar-refractivity contribution < 1.29 is 23.9 Å². The Labute approximate surface area is 223 Å². The molecule has 5 rings (SSSR count). The Balaban J connectivity index is 1.75. The van der Waals surface area contributed by atoms with Crippen molar-refractivity contribution in [3.05, 3.63) is 60.2 Å². The molecule has 9 heteroatoms. The van der Waals surface area contributed by atoms with Gasteiger partial charge in [-0.2, -0.15) is 0 Å². The standard InChI is InChI=1S/C29H36N4O5/c1-32-23(21-13-7-9-15-30-21)28(26(35)37-2)18-33(17-20-11-5-4-6-12-20)19-29(25(28)34,27(36)38-3)24(32)22-14-8-10-16-31-22/h7-10,13-16,20,23-24H,4-6,11-12,17-19H2,1-3H3/t23-,24+,28-,29+. The maximum atomic E-state index is 14.9. The summed E-state index contributed by atoms with van der Waals surface area (Å²) in [4.78, 5) is 55.9. The van der Waals surface area contributed by atoms with Crippen LogP contribution in [-0.4, -0.2) is 78.4 Å². The van der Waals surface area contributed by atoms with Crippen molar-refractivity contribution in [2.75, 3.05) is 40.9 Å². The lowest BCUT2D eigenvalue weighted by atomic mass is 9.54. The molecule has 202 valence electrons. The molecule has 4 atom stereocenters. The van der Waals surface area contributed by atoms with Gasteiger partial charge >= 0.3 is 11.9 Å². The van der Waals surface area contributed by atoms with Crippen molar-refractivity contribution >= 4 is 17.7 Å². The molecule has 1 saturated carbocycles. The molecule has 2 aromatic heterocycles. The van der Waals surface area contributed by atoms with Crippen molar-refractivity contribution in [1.29, 1.82) is 0 Å². The van der Waals surface area contributed by atoms with Crippen LogP contribution in [0.1, 0.15) is 55.6 Å². The summed E-state index contributed by atoms with van der Waals surface area (Å²) in [5, 5.41) is 0. The first kappa shape index (κ1) is 26.4. The zero-order valence-electron chi connectivity index (χ0n) is 22.3. The highest BCUT2D eigenvalue weighted by atomic mass is 16.5. The molecule has 0 amide bonds. The number of ketones is 1. The third kappa shape index (κ3) is 4.03. The number of carbonyl (C=O) groups excluding carboxylic acids is 3. The molecule has 0 aromatic carbocycles. The van der Waals surface area contributed by atoms with Gasteiger partial charge in [0.25, 0.3) is 0 Å². The minimum absolute atomic E-state index is 0.147. The minimum atomic E-state index is -1.68. The lowest BCUT2D eigenvalue weighted by molar-refractivity contribution is -0.204. The van der Waals surface area contributed by atoms with Gasteiger partial charge < -0.3 is 9.47 Å². The molecule has 0 unspecified atom stereocenters. The molecular weight excluding hydrogens is 484 g/mol. The first-order chi connectivity index (χ1) is 18.4. The van der Waals surface area contributed by atoms with Crippen LogP contribution in [0.15, 0.2) is 48.8 Å². The van der Waals surface area contributed by atoms with Crippen LogP contribution in [0.4, 0.5) is 0 Å². The average Bonchev–Trinajstić information content (AvgIpc) is 2.95. The molecule has 2 aliphatic heterocycles. The van der Waals surface area contributed by atoms with Crippen LogP contribution < -0.4 is 0 Å². The van der Waals surface area contributed by atoms with Gasteiger partial charge in [-0.05, 0) is 50.1 Å². The highest BCUT2D eigenvalue weighted by Crippen LogP contribution is 2.60. The number of methoxy groups -OCH3 is 2. The van der Waals surface area contributed by atoms with Gasteiger partial charge in [-0.25, -0.2) is 0 Å². The second-order valence-electron chi connectivity index (χ2n) is 10.9. The number of nitrogens with zero attached hydrogens (tertiary/aromatic N) is 4. The summed E-state index contributed by atoms with van der Waals surface area (Å²) in [5.41, 5.74) is -2.23. The van der Waals surface area contributed by atoms with Gasteiger partial charge in [0.05, 0.1) is 37.7 Å². The smallest absolute Gasteiger partial charge is 0.322 e. The van der Waals surface area contributed by atoms with Gasteiger partial charge in [-0.15, -0.1) is 0 Å². The SMILES string of the molecule is COC(=O)[C@]12CN(CC3CCCCC3)C[C@](C(=O)OC)(C1=O)[C@@H](c1ccccn1)N(C)[C@H]2c1ccccn1. The average molecular weight is 521 g/mol. The molecule has 2 saturated heterocycles. The van der Waals surface area contributed by atoms with E-state index in [0.29, 0.717) is 23.9 Å². The Morgan fingerprint density at radius 1 is 0.868 bits per heavy atom. The van der Waals surface area contributed by atoms with Gasteiger partial charge in [-0.3, -0.25) is 34.2 Å². The quantitative estimate of drug-likeness (QED) is 0.420. The van der Waals surface area contributed by atoms with Crippen LogP contribution >= 0.6 is 0 Å². The van der Waals surface area contributed by atoms with Crippen molar-refractivity contribution in [3.63, 3.8) is 0 Å². The van der Waals surface area contributed by atoms with Crippen LogP contribution in [0.2, 0.25) is 0 Å². The Morgan fingerprint density at radius 3 is 1.79 bits per heavy atom. The van der Waals surface area contributed by atoms with Crippen molar-refractivity contribution in [2.45, 2.75) is 44.2 Å². The number of Topliss-reactive ketones (excluding diaryl/α,β-unsaturated/α-hetero) is 1. The fourth-order valence-electron chi connectivity index (χ4n) is 7.33. The van der Waals surface area contributed by atoms with E-state index < -0.39 is 40.6 Å². The first-order valence-corrected chi connectivity index (χ1v) is 13.4. The number of carbonyl (C=O) groups is 3. The van der Waals surface area contributed by atoms with Gasteiger partial charge in [0.2, 0.25) is 0 Å². The molecular formula is C29H36N4O5. The fraction of sp³-hybridized carbons (Fsp3) is 0.552. The van der Waals surface area contributed by atoms with E-state index in [2.05, 4.69) is 14.9 Å². The summed E-state index contributed by atoms with van der Waals surface area (Å²) in [7, 11) is 4.42. The van der Waals surface area contributed by atoms with E-state index >= 15 is 0 Å². The number of hydrogen-bond acceptors (Lipinski definition) is 9. The molecule has 0 N–H and O–H groups in total. The monoisotopic (exact) mass is 520 g/mol. The highest BCUT2D eigenvalue weighted by molar-refractivity contribution is 6.17. The summed E-state index contributed by atoms with van der Waals surface area (Å²) in [6.07, 6.45) is 9.04. The predicted octanol–water partition coefficient (Wildman–Crippen LogP) is 2.99. The van der Waals surface area contributed by atoms with E-state index in [4.69, 9.17) is 9.47 Å². The second-order valence-corrected chi connectivity index (χ2v) is 10.9. The highest BCUT2D eigenvalue weighted by Gasteiger charge is 2.75. The lowest BCUT2D eigenvalue weighted by Gasteiger charge is -2.60. The summed E-state index contributed by atoms with van der Waals surface area (Å²) in [5.74, 6) is -1.37. The number of fused-ring (bicyclic) bond motifs is 2. The summed E-state index contributed by atoms with van der Waals surface area (Å²) < 4.78 is 10.7. The predicted molar refractivity (Wildman–Crippen MR) is 139 cm³/mol. The third-order valence-corrected chi connectivity index (χ3v) is 8.78. The molecule has 1 aliphatic carbocycles. The van der Waals surface area contributed by atoms with E-state index in [1.807, 2.05) is 36.2 Å². The first-order valence-electron chi connectivity index (χ1n) is 13.4. The van der Waals surface area contributed by atoms with Crippen molar-refractivity contribution in [2.24, 2.45) is 16.7 Å². The molecule has 3 fully saturated rings. The molecule has 2 bridgehead atoms. The number of rotatable bonds is 6. The molecule has 9 nitrogen and oxygen atoms in total. The Morgan fingerprint density at radius 2 is 1.37 bits per heavy atom. The summed E-state index contributed by atoms with van der Waals surface area (Å²) >= 11 is 0. The van der Waals surface area contributed by atoms with E-state index in [0.717, 1.165) is 25.7 Å². The van der Waals surface area contributed by atoms with Crippen LogP contribution in [0.5, 0.6) is 0 Å². The van der Waals surface area contributed by atoms with E-state index in [1.165, 1.54) is 20.6 Å². The number of likely N-dealkylation sites (tertiary alicyclic amines) is 2. The van der Waals surface area contributed by atoms with Gasteiger partial charge in [0.1, 0.15) is 0 Å². The largest absolute Gasteiger partial charge is 0.468 e. The number of aromatic nitrogens is 2. The van der Waals surface area contributed by atoms with E-state index in [-0.39, 0.29) is 13.1 Å². The van der Waals surface area contributed by atoms with Crippen LogP contribution in [0.3, 0.4) is 0 Å². The number of pyridine rings is 2. The van der Waals surface area contributed by atoms with E-state index in [9.17, 15) is 14.4 Å². The Bertz CT molecular complexity index is 1090. The van der Waals surface area contributed by atoms with E-state index in [1.54, 1.807) is 24.5 Å². The lowest BCUT2D eigenvalue weighted by Crippen LogP contribution is -2.75. The molecule has 3 aliphatic rings. The minimum Gasteiger partial charge on any atom is -0.468 e. The maximum absolute atomic E-state index is 14.9. The zero-order valence-corrected chi connectivity index (χ0v) is 22.3.